The SMILES string of the molecule is CCN(c1nncc(Nc2cccc(C#N)c2)n1)C1CCS(=O)(=O)C1. The Bertz CT molecular complexity index is 909. The summed E-state index contributed by atoms with van der Waals surface area (Å²) in [6.45, 7) is 2.53. The minimum Gasteiger partial charge on any atom is -0.339 e. The highest BCUT2D eigenvalue weighted by Crippen LogP contribution is 2.23. The Kier molecular flexibility index (Phi) is 4.81. The molecule has 1 saturated heterocycles. The van der Waals surface area contributed by atoms with Gasteiger partial charge in [-0.1, -0.05) is 6.07 Å². The molecule has 0 aliphatic carbocycles. The van der Waals surface area contributed by atoms with Gasteiger partial charge in [0.15, 0.2) is 15.7 Å². The normalized spacial score (nSPS) is 18.5. The number of nitrogens with one attached hydrogen (secondary N) is 1. The fourth-order valence-electron chi connectivity index (χ4n) is 2.87. The summed E-state index contributed by atoms with van der Waals surface area (Å²) in [7, 11) is -2.99. The van der Waals surface area contributed by atoms with Gasteiger partial charge >= 0.3 is 0 Å². The zero-order chi connectivity index (χ0) is 17.9. The highest BCUT2D eigenvalue weighted by Gasteiger charge is 2.33. The van der Waals surface area contributed by atoms with Crippen LogP contribution < -0.4 is 10.2 Å². The molecule has 25 heavy (non-hydrogen) atoms. The average Bonchev–Trinajstić information content (AvgIpc) is 2.96. The van der Waals surface area contributed by atoms with Gasteiger partial charge < -0.3 is 10.2 Å². The van der Waals surface area contributed by atoms with E-state index in [0.29, 0.717) is 30.3 Å². The maximum absolute atomic E-state index is 11.7. The molecule has 3 rings (SSSR count). The molecule has 1 atom stereocenters. The van der Waals surface area contributed by atoms with Crippen LogP contribution in [0.15, 0.2) is 30.5 Å². The number of hydrogen-bond donors (Lipinski definition) is 1. The van der Waals surface area contributed by atoms with Crippen molar-refractivity contribution in [2.45, 2.75) is 19.4 Å². The molecule has 0 bridgehead atoms. The monoisotopic (exact) mass is 358 g/mol. The van der Waals surface area contributed by atoms with E-state index >= 15 is 0 Å². The number of benzene rings is 1. The minimum atomic E-state index is -2.99. The molecule has 1 aromatic heterocycles. The molecule has 1 unspecified atom stereocenters. The topological polar surface area (TPSA) is 112 Å². The van der Waals surface area contributed by atoms with Crippen molar-refractivity contribution < 1.29 is 8.42 Å². The standard InChI is InChI=1S/C16H18N6O2S/c1-2-22(14-6-7-25(23,24)11-14)16-20-15(10-18-21-16)19-13-5-3-4-12(8-13)9-17/h3-5,8,10,14H,2,6-7,11H2,1H3,(H,19,20,21). The lowest BCUT2D eigenvalue weighted by Crippen LogP contribution is -2.37. The molecule has 8 nitrogen and oxygen atoms in total. The van der Waals surface area contributed by atoms with Crippen molar-refractivity contribution in [3.8, 4) is 6.07 Å². The summed E-state index contributed by atoms with van der Waals surface area (Å²) in [5.41, 5.74) is 1.26. The largest absolute Gasteiger partial charge is 0.339 e. The predicted molar refractivity (Wildman–Crippen MR) is 94.3 cm³/mol. The number of anilines is 3. The van der Waals surface area contributed by atoms with E-state index in [2.05, 4.69) is 26.6 Å². The summed E-state index contributed by atoms with van der Waals surface area (Å²) in [5, 5.41) is 20.1. The molecular formula is C16H18N6O2S. The fraction of sp³-hybridized carbons (Fsp3) is 0.375. The average molecular weight is 358 g/mol. The van der Waals surface area contributed by atoms with Crippen molar-refractivity contribution in [3.63, 3.8) is 0 Å². The third kappa shape index (κ3) is 4.03. The third-order valence-corrected chi connectivity index (χ3v) is 5.81. The maximum Gasteiger partial charge on any atom is 0.247 e. The molecule has 9 heteroatoms. The zero-order valence-electron chi connectivity index (χ0n) is 13.8. The van der Waals surface area contributed by atoms with Gasteiger partial charge in [0.05, 0.1) is 29.3 Å². The Hall–Kier alpha value is -2.73. The van der Waals surface area contributed by atoms with Crippen molar-refractivity contribution in [1.82, 2.24) is 15.2 Å². The van der Waals surface area contributed by atoms with E-state index < -0.39 is 9.84 Å². The van der Waals surface area contributed by atoms with Gasteiger partial charge in [0, 0.05) is 18.3 Å². The first kappa shape index (κ1) is 17.1. The summed E-state index contributed by atoms with van der Waals surface area (Å²) in [5.74, 6) is 1.19. The Labute approximate surface area is 146 Å². The van der Waals surface area contributed by atoms with E-state index in [0.717, 1.165) is 5.69 Å². The second-order valence-electron chi connectivity index (χ2n) is 5.80. The minimum absolute atomic E-state index is 0.117. The van der Waals surface area contributed by atoms with E-state index in [4.69, 9.17) is 5.26 Å². The molecular weight excluding hydrogens is 340 g/mol. The molecule has 1 fully saturated rings. The molecule has 0 spiro atoms. The quantitative estimate of drug-likeness (QED) is 0.856. The van der Waals surface area contributed by atoms with E-state index in [9.17, 15) is 8.42 Å². The van der Waals surface area contributed by atoms with Crippen LogP contribution in [-0.2, 0) is 9.84 Å². The Morgan fingerprint density at radius 3 is 2.96 bits per heavy atom. The third-order valence-electron chi connectivity index (χ3n) is 4.06. The first-order valence-corrected chi connectivity index (χ1v) is 9.77. The molecule has 0 amide bonds. The summed E-state index contributed by atoms with van der Waals surface area (Å²) in [6, 6.07) is 8.98. The second-order valence-corrected chi connectivity index (χ2v) is 8.03. The van der Waals surface area contributed by atoms with Gasteiger partial charge in [-0.2, -0.15) is 15.3 Å². The predicted octanol–water partition coefficient (Wildman–Crippen LogP) is 1.50. The number of rotatable bonds is 5. The second kappa shape index (κ2) is 7.03. The van der Waals surface area contributed by atoms with Gasteiger partial charge in [0.25, 0.3) is 0 Å². The van der Waals surface area contributed by atoms with Crippen molar-refractivity contribution >= 4 is 27.3 Å². The first-order valence-electron chi connectivity index (χ1n) is 7.94. The maximum atomic E-state index is 11.7. The number of aromatic nitrogens is 3. The summed E-state index contributed by atoms with van der Waals surface area (Å²) in [4.78, 5) is 6.32. The molecule has 0 radical (unpaired) electrons. The van der Waals surface area contributed by atoms with E-state index in [-0.39, 0.29) is 17.5 Å². The molecule has 1 aliphatic heterocycles. The molecule has 1 aromatic carbocycles. The molecule has 1 aliphatic rings. The zero-order valence-corrected chi connectivity index (χ0v) is 14.6. The number of sulfone groups is 1. The van der Waals surface area contributed by atoms with E-state index in [1.54, 1.807) is 18.2 Å². The summed E-state index contributed by atoms with van der Waals surface area (Å²) >= 11 is 0. The molecule has 1 N–H and O–H groups in total. The molecule has 2 heterocycles. The van der Waals surface area contributed by atoms with Crippen molar-refractivity contribution in [1.29, 1.82) is 5.26 Å². The molecule has 2 aromatic rings. The Morgan fingerprint density at radius 1 is 1.44 bits per heavy atom. The van der Waals surface area contributed by atoms with Crippen LogP contribution in [0.4, 0.5) is 17.5 Å². The highest BCUT2D eigenvalue weighted by molar-refractivity contribution is 7.91. The lowest BCUT2D eigenvalue weighted by molar-refractivity contribution is 0.598. The number of nitrogens with zero attached hydrogens (tertiary/aromatic N) is 5. The van der Waals surface area contributed by atoms with Crippen LogP contribution in [0.2, 0.25) is 0 Å². The number of nitriles is 1. The van der Waals surface area contributed by atoms with Crippen LogP contribution >= 0.6 is 0 Å². The van der Waals surface area contributed by atoms with Crippen molar-refractivity contribution in [3.05, 3.63) is 36.0 Å². The Morgan fingerprint density at radius 2 is 2.28 bits per heavy atom. The molecule has 0 saturated carbocycles. The van der Waals surface area contributed by atoms with Crippen LogP contribution in [0.5, 0.6) is 0 Å². The van der Waals surface area contributed by atoms with Crippen LogP contribution in [-0.4, -0.2) is 47.7 Å². The fourth-order valence-corrected chi connectivity index (χ4v) is 4.61. The van der Waals surface area contributed by atoms with Crippen molar-refractivity contribution in [2.75, 3.05) is 28.3 Å². The van der Waals surface area contributed by atoms with Crippen LogP contribution in [0.1, 0.15) is 18.9 Å². The van der Waals surface area contributed by atoms with Crippen LogP contribution in [0.3, 0.4) is 0 Å². The van der Waals surface area contributed by atoms with E-state index in [1.807, 2.05) is 17.9 Å². The molecule has 130 valence electrons. The van der Waals surface area contributed by atoms with Gasteiger partial charge in [0.1, 0.15) is 0 Å². The lowest BCUT2D eigenvalue weighted by atomic mass is 10.2. The van der Waals surface area contributed by atoms with Gasteiger partial charge in [-0.05, 0) is 31.5 Å². The van der Waals surface area contributed by atoms with E-state index in [1.165, 1.54) is 6.20 Å². The van der Waals surface area contributed by atoms with Crippen LogP contribution in [0.25, 0.3) is 0 Å². The van der Waals surface area contributed by atoms with Gasteiger partial charge in [0.2, 0.25) is 5.95 Å². The first-order chi connectivity index (χ1) is 12.0. The smallest absolute Gasteiger partial charge is 0.247 e. The number of hydrogen-bond acceptors (Lipinski definition) is 8. The lowest BCUT2D eigenvalue weighted by Gasteiger charge is -2.26. The van der Waals surface area contributed by atoms with Gasteiger partial charge in [-0.15, -0.1) is 5.10 Å². The summed E-state index contributed by atoms with van der Waals surface area (Å²) < 4.78 is 23.5. The van der Waals surface area contributed by atoms with Gasteiger partial charge in [-0.25, -0.2) is 8.42 Å². The highest BCUT2D eigenvalue weighted by atomic mass is 32.2. The van der Waals surface area contributed by atoms with Crippen molar-refractivity contribution in [2.24, 2.45) is 0 Å². The van der Waals surface area contributed by atoms with Crippen LogP contribution in [0, 0.1) is 11.3 Å². The Balaban J connectivity index is 1.81. The van der Waals surface area contributed by atoms with Gasteiger partial charge in [-0.3, -0.25) is 0 Å². The summed E-state index contributed by atoms with van der Waals surface area (Å²) in [6.07, 6.45) is 2.06.